The van der Waals surface area contributed by atoms with Gasteiger partial charge < -0.3 is 0 Å². The zero-order valence-corrected chi connectivity index (χ0v) is 8.89. The molecule has 78 valence electrons. The lowest BCUT2D eigenvalue weighted by Gasteiger charge is -2.36. The molecule has 2 heteroatoms. The molecule has 0 aromatic heterocycles. The summed E-state index contributed by atoms with van der Waals surface area (Å²) >= 11 is 0. The molecule has 0 aliphatic heterocycles. The molecule has 0 spiro atoms. The van der Waals surface area contributed by atoms with Gasteiger partial charge in [0.25, 0.3) is 0 Å². The SMILES string of the molecule is N#CCN(Cc1ccccc1)C1CCC1. The first-order chi connectivity index (χ1) is 7.40. The molecule has 0 heterocycles. The van der Waals surface area contributed by atoms with Crippen LogP contribution in [0, 0.1) is 11.3 Å². The fraction of sp³-hybridized carbons (Fsp3) is 0.462. The smallest absolute Gasteiger partial charge is 0.0871 e. The Morgan fingerprint density at radius 2 is 2.00 bits per heavy atom. The lowest BCUT2D eigenvalue weighted by molar-refractivity contribution is 0.136. The molecule has 0 bridgehead atoms. The molecule has 0 atom stereocenters. The van der Waals surface area contributed by atoms with Gasteiger partial charge in [-0.3, -0.25) is 4.90 Å². The van der Waals surface area contributed by atoms with E-state index in [1.807, 2.05) is 6.07 Å². The summed E-state index contributed by atoms with van der Waals surface area (Å²) < 4.78 is 0. The molecule has 1 saturated carbocycles. The first-order valence-corrected chi connectivity index (χ1v) is 5.55. The quantitative estimate of drug-likeness (QED) is 0.698. The Labute approximate surface area is 91.1 Å². The molecule has 15 heavy (non-hydrogen) atoms. The van der Waals surface area contributed by atoms with Gasteiger partial charge in [-0.25, -0.2) is 0 Å². The van der Waals surface area contributed by atoms with Crippen molar-refractivity contribution in [1.82, 2.24) is 4.90 Å². The molecule has 2 rings (SSSR count). The number of rotatable bonds is 4. The van der Waals surface area contributed by atoms with E-state index >= 15 is 0 Å². The molecule has 1 aliphatic rings. The predicted molar refractivity (Wildman–Crippen MR) is 60.1 cm³/mol. The van der Waals surface area contributed by atoms with Crippen molar-refractivity contribution >= 4 is 0 Å². The summed E-state index contributed by atoms with van der Waals surface area (Å²) in [5.41, 5.74) is 1.31. The third-order valence-electron chi connectivity index (χ3n) is 3.09. The van der Waals surface area contributed by atoms with Crippen molar-refractivity contribution in [1.29, 1.82) is 5.26 Å². The Morgan fingerprint density at radius 3 is 2.53 bits per heavy atom. The van der Waals surface area contributed by atoms with E-state index in [0.717, 1.165) is 6.54 Å². The second-order valence-electron chi connectivity index (χ2n) is 4.13. The van der Waals surface area contributed by atoms with Crippen LogP contribution >= 0.6 is 0 Å². The maximum atomic E-state index is 8.79. The van der Waals surface area contributed by atoms with Crippen LogP contribution in [0.15, 0.2) is 30.3 Å². The summed E-state index contributed by atoms with van der Waals surface area (Å²) in [5, 5.41) is 8.79. The molecule has 1 fully saturated rings. The Bertz CT molecular complexity index is 335. The Hall–Kier alpha value is -1.33. The number of hydrogen-bond acceptors (Lipinski definition) is 2. The number of hydrogen-bond donors (Lipinski definition) is 0. The van der Waals surface area contributed by atoms with Gasteiger partial charge in [-0.05, 0) is 18.4 Å². The fourth-order valence-electron chi connectivity index (χ4n) is 1.97. The van der Waals surface area contributed by atoms with Crippen molar-refractivity contribution in [3.8, 4) is 6.07 Å². The van der Waals surface area contributed by atoms with E-state index < -0.39 is 0 Å². The molecule has 0 unspecified atom stereocenters. The first kappa shape index (κ1) is 10.2. The average molecular weight is 200 g/mol. The zero-order valence-electron chi connectivity index (χ0n) is 8.89. The van der Waals surface area contributed by atoms with Gasteiger partial charge in [-0.15, -0.1) is 0 Å². The van der Waals surface area contributed by atoms with Crippen molar-refractivity contribution in [2.75, 3.05) is 6.54 Å². The molecule has 0 saturated heterocycles. The summed E-state index contributed by atoms with van der Waals surface area (Å²) in [6.07, 6.45) is 3.84. The topological polar surface area (TPSA) is 27.0 Å². The summed E-state index contributed by atoms with van der Waals surface area (Å²) in [4.78, 5) is 2.29. The van der Waals surface area contributed by atoms with Crippen LogP contribution in [0.2, 0.25) is 0 Å². The van der Waals surface area contributed by atoms with Crippen LogP contribution in [0.3, 0.4) is 0 Å². The highest BCUT2D eigenvalue weighted by atomic mass is 15.2. The lowest BCUT2D eigenvalue weighted by atomic mass is 9.91. The molecule has 0 N–H and O–H groups in total. The van der Waals surface area contributed by atoms with Crippen molar-refractivity contribution < 1.29 is 0 Å². The second kappa shape index (κ2) is 4.95. The van der Waals surface area contributed by atoms with Gasteiger partial charge in [0.1, 0.15) is 0 Å². The minimum Gasteiger partial charge on any atom is -0.283 e. The summed E-state index contributed by atoms with van der Waals surface area (Å²) in [6, 6.07) is 13.3. The maximum Gasteiger partial charge on any atom is 0.0871 e. The van der Waals surface area contributed by atoms with E-state index in [2.05, 4.69) is 35.2 Å². The lowest BCUT2D eigenvalue weighted by Crippen LogP contribution is -2.39. The van der Waals surface area contributed by atoms with Crippen LogP contribution < -0.4 is 0 Å². The van der Waals surface area contributed by atoms with Gasteiger partial charge in [0, 0.05) is 12.6 Å². The zero-order chi connectivity index (χ0) is 10.5. The van der Waals surface area contributed by atoms with Crippen LogP contribution in [0.25, 0.3) is 0 Å². The molecular weight excluding hydrogens is 184 g/mol. The fourth-order valence-corrected chi connectivity index (χ4v) is 1.97. The molecular formula is C13H16N2. The third kappa shape index (κ3) is 2.57. The monoisotopic (exact) mass is 200 g/mol. The van der Waals surface area contributed by atoms with E-state index in [1.54, 1.807) is 0 Å². The normalized spacial score (nSPS) is 16.0. The molecule has 0 amide bonds. The number of benzene rings is 1. The standard InChI is InChI=1S/C13H16N2/c14-9-10-15(13-7-4-8-13)11-12-5-2-1-3-6-12/h1-3,5-6,13H,4,7-8,10-11H2. The molecule has 1 aromatic rings. The van der Waals surface area contributed by atoms with Crippen LogP contribution in [0.4, 0.5) is 0 Å². The minimum atomic E-state index is 0.555. The van der Waals surface area contributed by atoms with Crippen LogP contribution in [-0.4, -0.2) is 17.5 Å². The molecule has 2 nitrogen and oxygen atoms in total. The van der Waals surface area contributed by atoms with Crippen LogP contribution in [0.5, 0.6) is 0 Å². The summed E-state index contributed by atoms with van der Waals surface area (Å²) in [7, 11) is 0. The van der Waals surface area contributed by atoms with Gasteiger partial charge in [0.15, 0.2) is 0 Å². The first-order valence-electron chi connectivity index (χ1n) is 5.55. The van der Waals surface area contributed by atoms with E-state index in [0.29, 0.717) is 12.6 Å². The molecule has 1 aliphatic carbocycles. The van der Waals surface area contributed by atoms with Crippen LogP contribution in [0.1, 0.15) is 24.8 Å². The van der Waals surface area contributed by atoms with E-state index in [-0.39, 0.29) is 0 Å². The van der Waals surface area contributed by atoms with Gasteiger partial charge in [-0.2, -0.15) is 5.26 Å². The van der Waals surface area contributed by atoms with Gasteiger partial charge >= 0.3 is 0 Å². The summed E-state index contributed by atoms with van der Waals surface area (Å²) in [5.74, 6) is 0. The predicted octanol–water partition coefficient (Wildman–Crippen LogP) is 2.56. The molecule has 0 radical (unpaired) electrons. The largest absolute Gasteiger partial charge is 0.283 e. The highest BCUT2D eigenvalue weighted by Gasteiger charge is 2.24. The second-order valence-corrected chi connectivity index (χ2v) is 4.13. The average Bonchev–Trinajstić information content (AvgIpc) is 2.17. The Morgan fingerprint density at radius 1 is 1.27 bits per heavy atom. The number of nitrogens with zero attached hydrogens (tertiary/aromatic N) is 2. The van der Waals surface area contributed by atoms with Crippen molar-refractivity contribution in [2.24, 2.45) is 0 Å². The highest BCUT2D eigenvalue weighted by Crippen LogP contribution is 2.25. The molecule has 1 aromatic carbocycles. The Kier molecular flexibility index (Phi) is 3.37. The van der Waals surface area contributed by atoms with Crippen molar-refractivity contribution in [3.63, 3.8) is 0 Å². The van der Waals surface area contributed by atoms with Crippen molar-refractivity contribution in [2.45, 2.75) is 31.8 Å². The third-order valence-corrected chi connectivity index (χ3v) is 3.09. The highest BCUT2D eigenvalue weighted by molar-refractivity contribution is 5.15. The number of nitriles is 1. The van der Waals surface area contributed by atoms with Crippen LogP contribution in [-0.2, 0) is 6.54 Å². The Balaban J connectivity index is 1.97. The van der Waals surface area contributed by atoms with Gasteiger partial charge in [0.05, 0.1) is 12.6 Å². The van der Waals surface area contributed by atoms with Gasteiger partial charge in [-0.1, -0.05) is 36.8 Å². The van der Waals surface area contributed by atoms with E-state index in [9.17, 15) is 0 Å². The van der Waals surface area contributed by atoms with E-state index in [1.165, 1.54) is 24.8 Å². The van der Waals surface area contributed by atoms with E-state index in [4.69, 9.17) is 5.26 Å². The van der Waals surface area contributed by atoms with Gasteiger partial charge in [0.2, 0.25) is 0 Å². The minimum absolute atomic E-state index is 0.555. The summed E-state index contributed by atoms with van der Waals surface area (Å²) in [6.45, 7) is 1.47. The maximum absolute atomic E-state index is 8.79. The van der Waals surface area contributed by atoms with Crippen molar-refractivity contribution in [3.05, 3.63) is 35.9 Å².